The van der Waals surface area contributed by atoms with Gasteiger partial charge in [-0.05, 0) is 34.1 Å². The molecule has 6 nitrogen and oxygen atoms in total. The van der Waals surface area contributed by atoms with E-state index < -0.39 is 36.0 Å². The number of benzene rings is 2. The topological polar surface area (TPSA) is 115 Å². The predicted octanol–water partition coefficient (Wildman–Crippen LogP) is 2.30. The second-order valence-corrected chi connectivity index (χ2v) is 8.95. The molecule has 32 heavy (non-hydrogen) atoms. The Bertz CT molecular complexity index is 810. The summed E-state index contributed by atoms with van der Waals surface area (Å²) in [5.74, 6) is -1.95. The minimum Gasteiger partial charge on any atom is -0.390 e. The first-order chi connectivity index (χ1) is 15.0. The zero-order valence-electron chi connectivity index (χ0n) is 19.1. The molecule has 4 atom stereocenters. The lowest BCUT2D eigenvalue weighted by Crippen LogP contribution is -2.47. The first-order valence-electron chi connectivity index (χ1n) is 11.0. The molecule has 0 aliphatic carbocycles. The van der Waals surface area contributed by atoms with E-state index in [-0.39, 0.29) is 12.8 Å². The summed E-state index contributed by atoms with van der Waals surface area (Å²) in [5.41, 5.74) is 3.63. The molecular weight excluding hydrogens is 408 g/mol. The van der Waals surface area contributed by atoms with Crippen molar-refractivity contribution >= 4 is 11.6 Å². The predicted molar refractivity (Wildman–Crippen MR) is 123 cm³/mol. The van der Waals surface area contributed by atoms with Crippen molar-refractivity contribution in [2.24, 2.45) is 0 Å². The number of aliphatic hydroxyl groups excluding tert-OH is 4. The molecule has 2 aromatic rings. The van der Waals surface area contributed by atoms with Gasteiger partial charge >= 0.3 is 0 Å². The van der Waals surface area contributed by atoms with Gasteiger partial charge in [0.15, 0.2) is 0 Å². The maximum atomic E-state index is 12.3. The summed E-state index contributed by atoms with van der Waals surface area (Å²) in [6, 6.07) is 14.8. The summed E-state index contributed by atoms with van der Waals surface area (Å²) in [4.78, 5) is 24.6. The SMILES string of the molecule is CC(C)c1ccc(CC(O)[C@H](O)C(=O)C(=O)[C@H](O)C(O)Cc2ccc(C(C)C)cc2)cc1. The number of hydrogen-bond acceptors (Lipinski definition) is 6. The molecule has 0 radical (unpaired) electrons. The molecule has 0 bridgehead atoms. The molecule has 0 saturated carbocycles. The molecule has 0 spiro atoms. The Morgan fingerprint density at radius 3 is 1.12 bits per heavy atom. The minimum absolute atomic E-state index is 0.0284. The summed E-state index contributed by atoms with van der Waals surface area (Å²) >= 11 is 0. The average Bonchev–Trinajstić information content (AvgIpc) is 2.77. The Balaban J connectivity index is 1.95. The van der Waals surface area contributed by atoms with Crippen LogP contribution in [0.3, 0.4) is 0 Å². The number of hydrogen-bond donors (Lipinski definition) is 4. The van der Waals surface area contributed by atoms with Gasteiger partial charge in [0, 0.05) is 12.8 Å². The Morgan fingerprint density at radius 2 is 0.875 bits per heavy atom. The monoisotopic (exact) mass is 442 g/mol. The summed E-state index contributed by atoms with van der Waals surface area (Å²) in [6.07, 6.45) is -7.05. The highest BCUT2D eigenvalue weighted by molar-refractivity contribution is 6.40. The van der Waals surface area contributed by atoms with E-state index in [1.807, 2.05) is 24.3 Å². The van der Waals surface area contributed by atoms with Crippen molar-refractivity contribution in [3.63, 3.8) is 0 Å². The molecule has 0 heterocycles. The third-order valence-electron chi connectivity index (χ3n) is 5.69. The Morgan fingerprint density at radius 1 is 0.594 bits per heavy atom. The highest BCUT2D eigenvalue weighted by Crippen LogP contribution is 2.18. The van der Waals surface area contributed by atoms with Crippen molar-refractivity contribution in [2.75, 3.05) is 0 Å². The number of Topliss-reactive ketones (excluding diaryl/α,β-unsaturated/α-hetero) is 2. The van der Waals surface area contributed by atoms with Crippen LogP contribution in [0, 0.1) is 0 Å². The number of rotatable bonds is 11. The normalized spacial score (nSPS) is 15.4. The molecule has 0 aliphatic rings. The molecule has 0 amide bonds. The van der Waals surface area contributed by atoms with E-state index in [9.17, 15) is 30.0 Å². The molecule has 2 aromatic carbocycles. The highest BCUT2D eigenvalue weighted by atomic mass is 16.3. The van der Waals surface area contributed by atoms with E-state index in [0.29, 0.717) is 23.0 Å². The molecule has 6 heteroatoms. The molecule has 2 rings (SSSR count). The van der Waals surface area contributed by atoms with Gasteiger partial charge in [-0.3, -0.25) is 9.59 Å². The standard InChI is InChI=1S/C26H34O6/c1-15(2)19-9-5-17(6-10-19)13-21(27)23(29)25(31)26(32)24(30)22(28)14-18-7-11-20(12-8-18)16(3)4/h5-12,15-16,21-24,27-30H,13-14H2,1-4H3/t21?,22?,23-,24+. The van der Waals surface area contributed by atoms with Crippen LogP contribution in [0.5, 0.6) is 0 Å². The molecular formula is C26H34O6. The van der Waals surface area contributed by atoms with Crippen LogP contribution in [0.2, 0.25) is 0 Å². The Kier molecular flexibility index (Phi) is 9.28. The maximum absolute atomic E-state index is 12.3. The lowest BCUT2D eigenvalue weighted by molar-refractivity contribution is -0.152. The van der Waals surface area contributed by atoms with Crippen LogP contribution in [0.25, 0.3) is 0 Å². The van der Waals surface area contributed by atoms with Gasteiger partial charge < -0.3 is 20.4 Å². The van der Waals surface area contributed by atoms with Crippen molar-refractivity contribution in [1.29, 1.82) is 0 Å². The largest absolute Gasteiger partial charge is 0.390 e. The summed E-state index contributed by atoms with van der Waals surface area (Å²) < 4.78 is 0. The maximum Gasteiger partial charge on any atom is 0.232 e. The van der Waals surface area contributed by atoms with Gasteiger partial charge in [0.25, 0.3) is 0 Å². The number of aliphatic hydroxyl groups is 4. The van der Waals surface area contributed by atoms with Gasteiger partial charge in [0.2, 0.25) is 11.6 Å². The summed E-state index contributed by atoms with van der Waals surface area (Å²) in [7, 11) is 0. The molecule has 0 saturated heterocycles. The second kappa shape index (κ2) is 11.5. The van der Waals surface area contributed by atoms with Crippen molar-refractivity contribution in [3.8, 4) is 0 Å². The van der Waals surface area contributed by atoms with Crippen molar-refractivity contribution in [1.82, 2.24) is 0 Å². The first-order valence-corrected chi connectivity index (χ1v) is 11.0. The van der Waals surface area contributed by atoms with E-state index in [1.165, 1.54) is 0 Å². The Hall–Kier alpha value is -2.38. The van der Waals surface area contributed by atoms with Crippen molar-refractivity contribution < 1.29 is 30.0 Å². The third kappa shape index (κ3) is 6.81. The fraction of sp³-hybridized carbons (Fsp3) is 0.462. The summed E-state index contributed by atoms with van der Waals surface area (Å²) in [6.45, 7) is 8.22. The molecule has 0 fully saturated rings. The fourth-order valence-electron chi connectivity index (χ4n) is 3.42. The van der Waals surface area contributed by atoms with Crippen LogP contribution >= 0.6 is 0 Å². The van der Waals surface area contributed by atoms with Crippen LogP contribution in [-0.4, -0.2) is 56.4 Å². The summed E-state index contributed by atoms with van der Waals surface area (Å²) in [5, 5.41) is 40.8. The number of carbonyl (C=O) groups is 2. The molecule has 0 aliphatic heterocycles. The van der Waals surface area contributed by atoms with Gasteiger partial charge in [-0.2, -0.15) is 0 Å². The van der Waals surface area contributed by atoms with Crippen LogP contribution in [0.1, 0.15) is 61.8 Å². The zero-order valence-corrected chi connectivity index (χ0v) is 19.1. The van der Waals surface area contributed by atoms with E-state index in [0.717, 1.165) is 11.1 Å². The fourth-order valence-corrected chi connectivity index (χ4v) is 3.42. The second-order valence-electron chi connectivity index (χ2n) is 8.95. The first kappa shape index (κ1) is 25.9. The lowest BCUT2D eigenvalue weighted by Gasteiger charge is -2.20. The van der Waals surface area contributed by atoms with E-state index >= 15 is 0 Å². The zero-order chi connectivity index (χ0) is 24.0. The van der Waals surface area contributed by atoms with Gasteiger partial charge in [0.1, 0.15) is 12.2 Å². The smallest absolute Gasteiger partial charge is 0.232 e. The van der Waals surface area contributed by atoms with Gasteiger partial charge in [-0.25, -0.2) is 0 Å². The quantitative estimate of drug-likeness (QED) is 0.397. The van der Waals surface area contributed by atoms with Crippen LogP contribution in [-0.2, 0) is 22.4 Å². The number of ketones is 2. The molecule has 0 aromatic heterocycles. The van der Waals surface area contributed by atoms with Crippen molar-refractivity contribution in [2.45, 2.75) is 76.8 Å². The third-order valence-corrected chi connectivity index (χ3v) is 5.69. The average molecular weight is 443 g/mol. The Labute approximate surface area is 189 Å². The van der Waals surface area contributed by atoms with E-state index in [2.05, 4.69) is 27.7 Å². The van der Waals surface area contributed by atoms with Gasteiger partial charge in [-0.1, -0.05) is 76.2 Å². The van der Waals surface area contributed by atoms with Crippen LogP contribution in [0.4, 0.5) is 0 Å². The number of carbonyl (C=O) groups excluding carboxylic acids is 2. The van der Waals surface area contributed by atoms with E-state index in [1.54, 1.807) is 24.3 Å². The molecule has 4 N–H and O–H groups in total. The van der Waals surface area contributed by atoms with Crippen LogP contribution in [0.15, 0.2) is 48.5 Å². The van der Waals surface area contributed by atoms with Crippen LogP contribution < -0.4 is 0 Å². The van der Waals surface area contributed by atoms with Gasteiger partial charge in [-0.15, -0.1) is 0 Å². The van der Waals surface area contributed by atoms with Crippen molar-refractivity contribution in [3.05, 3.63) is 70.8 Å². The molecule has 2 unspecified atom stereocenters. The van der Waals surface area contributed by atoms with E-state index in [4.69, 9.17) is 0 Å². The molecule has 174 valence electrons. The minimum atomic E-state index is -1.99. The van der Waals surface area contributed by atoms with Gasteiger partial charge in [0.05, 0.1) is 12.2 Å². The lowest BCUT2D eigenvalue weighted by atomic mass is 9.93. The highest BCUT2D eigenvalue weighted by Gasteiger charge is 2.36.